The van der Waals surface area contributed by atoms with E-state index in [4.69, 9.17) is 9.84 Å². The van der Waals surface area contributed by atoms with Crippen LogP contribution in [0.15, 0.2) is 12.4 Å². The van der Waals surface area contributed by atoms with Crippen LogP contribution in [-0.4, -0.2) is 46.6 Å². The van der Waals surface area contributed by atoms with Crippen LogP contribution in [0.4, 0.5) is 0 Å². The number of aromatic carboxylic acids is 1. The molecule has 6 nitrogen and oxygen atoms in total. The zero-order chi connectivity index (χ0) is 14.1. The quantitative estimate of drug-likeness (QED) is 0.860. The number of aromatic nitrogens is 1. The van der Waals surface area contributed by atoms with Crippen molar-refractivity contribution in [3.05, 3.63) is 29.1 Å². The summed E-state index contributed by atoms with van der Waals surface area (Å²) in [6, 6.07) is 0. The Morgan fingerprint density at radius 1 is 1.40 bits per heavy atom. The van der Waals surface area contributed by atoms with Gasteiger partial charge in [-0.25, -0.2) is 4.79 Å². The fourth-order valence-corrected chi connectivity index (χ4v) is 2.85. The van der Waals surface area contributed by atoms with Crippen LogP contribution >= 0.6 is 0 Å². The normalized spacial score (nSPS) is 21.6. The number of carbonyl (C=O) groups is 2. The Kier molecular flexibility index (Phi) is 3.40. The van der Waals surface area contributed by atoms with Gasteiger partial charge < -0.3 is 14.7 Å². The lowest BCUT2D eigenvalue weighted by molar-refractivity contribution is -0.136. The second-order valence-corrected chi connectivity index (χ2v) is 5.20. The summed E-state index contributed by atoms with van der Waals surface area (Å²) in [5.41, 5.74) is 1.89. The molecule has 0 aromatic carbocycles. The molecule has 1 N–H and O–H groups in total. The zero-order valence-electron chi connectivity index (χ0n) is 11.0. The number of pyridine rings is 1. The molecule has 2 aliphatic heterocycles. The van der Waals surface area contributed by atoms with Gasteiger partial charge in [0.05, 0.1) is 18.1 Å². The number of carboxylic acid groups (broad SMARTS) is 1. The molecule has 2 aliphatic rings. The van der Waals surface area contributed by atoms with Gasteiger partial charge in [-0.05, 0) is 24.0 Å². The number of carbonyl (C=O) groups excluding carboxylic acids is 1. The van der Waals surface area contributed by atoms with Crippen molar-refractivity contribution in [3.63, 3.8) is 0 Å². The van der Waals surface area contributed by atoms with Crippen LogP contribution in [0.25, 0.3) is 0 Å². The predicted molar refractivity (Wildman–Crippen MR) is 69.2 cm³/mol. The molecule has 1 fully saturated rings. The molecule has 1 saturated heterocycles. The molecule has 3 heterocycles. The average Bonchev–Trinajstić information content (AvgIpc) is 2.99. The molecule has 1 amide bonds. The van der Waals surface area contributed by atoms with Gasteiger partial charge in [0.25, 0.3) is 0 Å². The third-order valence-electron chi connectivity index (χ3n) is 3.96. The van der Waals surface area contributed by atoms with Crippen molar-refractivity contribution in [1.82, 2.24) is 9.88 Å². The molecule has 20 heavy (non-hydrogen) atoms. The Balaban J connectivity index is 1.80. The molecule has 1 atom stereocenters. The fourth-order valence-electron chi connectivity index (χ4n) is 2.85. The molecule has 1 aromatic heterocycles. The van der Waals surface area contributed by atoms with Crippen molar-refractivity contribution in [2.24, 2.45) is 5.92 Å². The highest BCUT2D eigenvalue weighted by Crippen LogP contribution is 2.24. The third kappa shape index (κ3) is 2.27. The second-order valence-electron chi connectivity index (χ2n) is 5.20. The highest BCUT2D eigenvalue weighted by Gasteiger charge is 2.31. The Morgan fingerprint density at radius 2 is 2.25 bits per heavy atom. The first-order valence-corrected chi connectivity index (χ1v) is 6.72. The van der Waals surface area contributed by atoms with E-state index in [-0.39, 0.29) is 17.4 Å². The molecule has 0 saturated carbocycles. The van der Waals surface area contributed by atoms with E-state index in [2.05, 4.69) is 4.98 Å². The van der Waals surface area contributed by atoms with Gasteiger partial charge in [-0.3, -0.25) is 9.78 Å². The Morgan fingerprint density at radius 3 is 2.95 bits per heavy atom. The van der Waals surface area contributed by atoms with Crippen LogP contribution < -0.4 is 0 Å². The van der Waals surface area contributed by atoms with Crippen LogP contribution in [0.1, 0.15) is 27.9 Å². The van der Waals surface area contributed by atoms with Gasteiger partial charge in [-0.2, -0.15) is 0 Å². The maximum Gasteiger partial charge on any atom is 0.337 e. The van der Waals surface area contributed by atoms with Crippen LogP contribution in [0, 0.1) is 5.92 Å². The van der Waals surface area contributed by atoms with Gasteiger partial charge in [-0.15, -0.1) is 0 Å². The van der Waals surface area contributed by atoms with Gasteiger partial charge in [-0.1, -0.05) is 0 Å². The van der Waals surface area contributed by atoms with Gasteiger partial charge in [0.1, 0.15) is 0 Å². The Hall–Kier alpha value is -1.95. The molecular weight excluding hydrogens is 260 g/mol. The highest BCUT2D eigenvalue weighted by atomic mass is 16.5. The van der Waals surface area contributed by atoms with E-state index in [0.717, 1.165) is 17.5 Å². The lowest BCUT2D eigenvalue weighted by Gasteiger charge is -2.30. The first-order chi connectivity index (χ1) is 9.66. The Bertz CT molecular complexity index is 552. The minimum Gasteiger partial charge on any atom is -0.478 e. The van der Waals surface area contributed by atoms with E-state index in [1.54, 1.807) is 11.1 Å². The van der Waals surface area contributed by atoms with Crippen molar-refractivity contribution >= 4 is 11.9 Å². The predicted octanol–water partition coefficient (Wildman–Crippen LogP) is 0.701. The minimum absolute atomic E-state index is 0.0489. The SMILES string of the molecule is O=C(O)c1cncc2c1CCN(C(=O)C1CCOC1)C2. The van der Waals surface area contributed by atoms with Crippen LogP contribution in [0.2, 0.25) is 0 Å². The summed E-state index contributed by atoms with van der Waals surface area (Å²) in [5.74, 6) is -0.903. The largest absolute Gasteiger partial charge is 0.478 e. The zero-order valence-corrected chi connectivity index (χ0v) is 11.0. The van der Waals surface area contributed by atoms with Crippen LogP contribution in [0.3, 0.4) is 0 Å². The standard InChI is InChI=1S/C14H16N2O4/c17-13(9-2-4-20-8-9)16-3-1-11-10(7-16)5-15-6-12(11)14(18)19/h5-6,9H,1-4,7-8H2,(H,18,19). The Labute approximate surface area is 116 Å². The molecule has 0 bridgehead atoms. The summed E-state index contributed by atoms with van der Waals surface area (Å²) in [4.78, 5) is 29.3. The summed E-state index contributed by atoms with van der Waals surface area (Å²) in [5, 5.41) is 9.15. The smallest absolute Gasteiger partial charge is 0.337 e. The molecule has 1 aromatic rings. The molecular formula is C14H16N2O4. The molecule has 6 heteroatoms. The van der Waals surface area contributed by atoms with Crippen molar-refractivity contribution in [3.8, 4) is 0 Å². The number of nitrogens with zero attached hydrogens (tertiary/aromatic N) is 2. The average molecular weight is 276 g/mol. The summed E-state index contributed by atoms with van der Waals surface area (Å²) in [6.45, 7) is 2.15. The topological polar surface area (TPSA) is 79.7 Å². The summed E-state index contributed by atoms with van der Waals surface area (Å²) < 4.78 is 5.25. The van der Waals surface area contributed by atoms with E-state index in [9.17, 15) is 9.59 Å². The van der Waals surface area contributed by atoms with E-state index < -0.39 is 5.97 Å². The summed E-state index contributed by atoms with van der Waals surface area (Å²) >= 11 is 0. The second kappa shape index (κ2) is 5.20. The number of ether oxygens (including phenoxy) is 1. The maximum atomic E-state index is 12.3. The van der Waals surface area contributed by atoms with E-state index in [1.165, 1.54) is 6.20 Å². The fraction of sp³-hybridized carbons (Fsp3) is 0.500. The summed E-state index contributed by atoms with van der Waals surface area (Å²) in [6.07, 6.45) is 4.38. The van der Waals surface area contributed by atoms with Gasteiger partial charge >= 0.3 is 5.97 Å². The monoisotopic (exact) mass is 276 g/mol. The van der Waals surface area contributed by atoms with Crippen molar-refractivity contribution in [2.75, 3.05) is 19.8 Å². The van der Waals surface area contributed by atoms with Crippen LogP contribution in [0.5, 0.6) is 0 Å². The molecule has 0 spiro atoms. The maximum absolute atomic E-state index is 12.3. The molecule has 1 unspecified atom stereocenters. The number of amides is 1. The first kappa shape index (κ1) is 13.1. The molecule has 0 radical (unpaired) electrons. The minimum atomic E-state index is -0.960. The van der Waals surface area contributed by atoms with Crippen LogP contribution in [-0.2, 0) is 22.5 Å². The summed E-state index contributed by atoms with van der Waals surface area (Å²) in [7, 11) is 0. The third-order valence-corrected chi connectivity index (χ3v) is 3.96. The van der Waals surface area contributed by atoms with Crippen molar-refractivity contribution in [2.45, 2.75) is 19.4 Å². The molecule has 0 aliphatic carbocycles. The number of hydrogen-bond donors (Lipinski definition) is 1. The van der Waals surface area contributed by atoms with Gasteiger partial charge in [0.2, 0.25) is 5.91 Å². The van der Waals surface area contributed by atoms with E-state index in [0.29, 0.717) is 32.7 Å². The lowest BCUT2D eigenvalue weighted by atomic mass is 9.96. The van der Waals surface area contributed by atoms with Crippen molar-refractivity contribution in [1.29, 1.82) is 0 Å². The van der Waals surface area contributed by atoms with Gasteiger partial charge in [0, 0.05) is 32.1 Å². The first-order valence-electron chi connectivity index (χ1n) is 6.72. The van der Waals surface area contributed by atoms with Gasteiger partial charge in [0.15, 0.2) is 0 Å². The highest BCUT2D eigenvalue weighted by molar-refractivity contribution is 5.89. The van der Waals surface area contributed by atoms with Crippen molar-refractivity contribution < 1.29 is 19.4 Å². The number of fused-ring (bicyclic) bond motifs is 1. The number of hydrogen-bond acceptors (Lipinski definition) is 4. The lowest BCUT2D eigenvalue weighted by Crippen LogP contribution is -2.40. The number of carboxylic acids is 1. The molecule has 3 rings (SSSR count). The number of rotatable bonds is 2. The van der Waals surface area contributed by atoms with E-state index >= 15 is 0 Å². The van der Waals surface area contributed by atoms with E-state index in [1.807, 2.05) is 0 Å². The molecule has 106 valence electrons.